The Bertz CT molecular complexity index is 2840. The minimum Gasteiger partial charge on any atom is -0.228 e. The third-order valence-corrected chi connectivity index (χ3v) is 11.1. The zero-order valence-corrected chi connectivity index (χ0v) is 29.7. The molecule has 0 aliphatic heterocycles. The molecule has 0 saturated heterocycles. The highest BCUT2D eigenvalue weighted by Crippen LogP contribution is 2.49. The zero-order valence-electron chi connectivity index (χ0n) is 29.7. The maximum absolute atomic E-state index is 5.21. The summed E-state index contributed by atoms with van der Waals surface area (Å²) in [6.45, 7) is 4.66. The van der Waals surface area contributed by atoms with Crippen molar-refractivity contribution < 1.29 is 0 Å². The standard InChI is InChI=1S/C51H36N2/c1-51(2)46-22-11-10-20-42(46)45-31-37(27-30-47(45)51)33-23-25-35(26-24-33)39-28-29-44(41-19-9-8-18-40(39)41)49-32-48(52-50(53-49)36-14-4-3-5-15-36)43-21-12-16-34-13-6-7-17-38(34)43/h3-32H,1-2H3. The topological polar surface area (TPSA) is 25.8 Å². The molecule has 10 rings (SSSR count). The largest absolute Gasteiger partial charge is 0.228 e. The molecule has 1 heterocycles. The number of fused-ring (bicyclic) bond motifs is 5. The fraction of sp³-hybridized carbons (Fsp3) is 0.0588. The third-order valence-electron chi connectivity index (χ3n) is 11.1. The van der Waals surface area contributed by atoms with Crippen LogP contribution >= 0.6 is 0 Å². The molecule has 1 aliphatic carbocycles. The quantitative estimate of drug-likeness (QED) is 0.181. The van der Waals surface area contributed by atoms with E-state index in [1.54, 1.807) is 0 Å². The van der Waals surface area contributed by atoms with E-state index in [0.717, 1.165) is 33.5 Å². The molecule has 0 atom stereocenters. The second kappa shape index (κ2) is 12.3. The average molecular weight is 677 g/mol. The van der Waals surface area contributed by atoms with Crippen LogP contribution < -0.4 is 0 Å². The van der Waals surface area contributed by atoms with Crippen LogP contribution in [0.4, 0.5) is 0 Å². The van der Waals surface area contributed by atoms with Crippen LogP contribution in [-0.2, 0) is 5.41 Å². The first kappa shape index (κ1) is 31.1. The number of hydrogen-bond acceptors (Lipinski definition) is 2. The van der Waals surface area contributed by atoms with Crippen LogP contribution in [-0.4, -0.2) is 9.97 Å². The average Bonchev–Trinajstić information content (AvgIpc) is 3.45. The van der Waals surface area contributed by atoms with Crippen LogP contribution in [0.25, 0.3) is 88.8 Å². The van der Waals surface area contributed by atoms with Crippen molar-refractivity contribution in [1.82, 2.24) is 9.97 Å². The number of rotatable bonds is 5. The minimum absolute atomic E-state index is 0.00786. The van der Waals surface area contributed by atoms with Crippen molar-refractivity contribution in [3.8, 4) is 67.3 Å². The fourth-order valence-electron chi connectivity index (χ4n) is 8.40. The second-order valence-corrected chi connectivity index (χ2v) is 14.6. The molecular formula is C51H36N2. The van der Waals surface area contributed by atoms with Crippen LogP contribution in [0, 0.1) is 0 Å². The molecule has 1 aliphatic rings. The van der Waals surface area contributed by atoms with E-state index in [2.05, 4.69) is 178 Å². The van der Waals surface area contributed by atoms with Gasteiger partial charge in [0.2, 0.25) is 0 Å². The molecule has 0 radical (unpaired) electrons. The first-order valence-electron chi connectivity index (χ1n) is 18.3. The van der Waals surface area contributed by atoms with Crippen LogP contribution in [0.15, 0.2) is 182 Å². The number of hydrogen-bond donors (Lipinski definition) is 0. The summed E-state index contributed by atoms with van der Waals surface area (Å²) in [4.78, 5) is 10.4. The molecule has 0 fully saturated rings. The molecular weight excluding hydrogens is 641 g/mol. The molecule has 1 aromatic heterocycles. The van der Waals surface area contributed by atoms with E-state index >= 15 is 0 Å². The van der Waals surface area contributed by atoms with Gasteiger partial charge in [0.1, 0.15) is 0 Å². The highest BCUT2D eigenvalue weighted by Gasteiger charge is 2.35. The Hall–Kier alpha value is -6.64. The zero-order chi connectivity index (χ0) is 35.5. The summed E-state index contributed by atoms with van der Waals surface area (Å²) in [7, 11) is 0. The Morgan fingerprint density at radius 1 is 0.340 bits per heavy atom. The summed E-state index contributed by atoms with van der Waals surface area (Å²) in [5, 5.41) is 4.73. The Kier molecular flexibility index (Phi) is 7.19. The smallest absolute Gasteiger partial charge is 0.160 e. The molecule has 2 nitrogen and oxygen atoms in total. The lowest BCUT2D eigenvalue weighted by Gasteiger charge is -2.21. The number of benzene rings is 8. The number of aromatic nitrogens is 2. The molecule has 9 aromatic rings. The SMILES string of the molecule is CC1(C)c2ccccc2-c2cc(-c3ccc(-c4ccc(-c5cc(-c6cccc7ccccc67)nc(-c6ccccc6)n5)c5ccccc45)cc3)ccc21. The van der Waals surface area contributed by atoms with E-state index in [0.29, 0.717) is 5.82 Å². The van der Waals surface area contributed by atoms with Gasteiger partial charge in [0, 0.05) is 22.1 Å². The molecule has 8 aromatic carbocycles. The predicted octanol–water partition coefficient (Wildman–Crippen LogP) is 13.4. The minimum atomic E-state index is 0.00786. The van der Waals surface area contributed by atoms with Crippen molar-refractivity contribution in [2.24, 2.45) is 0 Å². The Labute approximate surface area is 310 Å². The van der Waals surface area contributed by atoms with Gasteiger partial charge in [-0.1, -0.05) is 184 Å². The Morgan fingerprint density at radius 2 is 0.887 bits per heavy atom. The van der Waals surface area contributed by atoms with Crippen LogP contribution in [0.3, 0.4) is 0 Å². The molecule has 53 heavy (non-hydrogen) atoms. The molecule has 0 spiro atoms. The molecule has 0 amide bonds. The molecule has 0 unspecified atom stereocenters. The van der Waals surface area contributed by atoms with Crippen molar-refractivity contribution in [3.63, 3.8) is 0 Å². The van der Waals surface area contributed by atoms with Gasteiger partial charge in [0.25, 0.3) is 0 Å². The van der Waals surface area contributed by atoms with Crippen LogP contribution in [0.5, 0.6) is 0 Å². The lowest BCUT2D eigenvalue weighted by molar-refractivity contribution is 0.660. The van der Waals surface area contributed by atoms with Gasteiger partial charge in [-0.25, -0.2) is 9.97 Å². The summed E-state index contributed by atoms with van der Waals surface area (Å²) >= 11 is 0. The van der Waals surface area contributed by atoms with E-state index in [1.807, 2.05) is 18.2 Å². The van der Waals surface area contributed by atoms with Crippen molar-refractivity contribution in [3.05, 3.63) is 193 Å². The fourth-order valence-corrected chi connectivity index (χ4v) is 8.40. The maximum Gasteiger partial charge on any atom is 0.160 e. The van der Waals surface area contributed by atoms with Gasteiger partial charge >= 0.3 is 0 Å². The molecule has 0 bridgehead atoms. The lowest BCUT2D eigenvalue weighted by Crippen LogP contribution is -2.14. The van der Waals surface area contributed by atoms with Gasteiger partial charge in [0.15, 0.2) is 5.82 Å². The summed E-state index contributed by atoms with van der Waals surface area (Å²) in [6.07, 6.45) is 0. The van der Waals surface area contributed by atoms with E-state index < -0.39 is 0 Å². The second-order valence-electron chi connectivity index (χ2n) is 14.6. The monoisotopic (exact) mass is 676 g/mol. The summed E-state index contributed by atoms with van der Waals surface area (Å²) in [6, 6.07) is 65.4. The van der Waals surface area contributed by atoms with Gasteiger partial charge < -0.3 is 0 Å². The maximum atomic E-state index is 5.21. The van der Waals surface area contributed by atoms with Gasteiger partial charge in [-0.3, -0.25) is 0 Å². The number of nitrogens with zero attached hydrogens (tertiary/aromatic N) is 2. The predicted molar refractivity (Wildman–Crippen MR) is 222 cm³/mol. The van der Waals surface area contributed by atoms with Crippen LogP contribution in [0.2, 0.25) is 0 Å². The Balaban J connectivity index is 1.07. The van der Waals surface area contributed by atoms with Crippen molar-refractivity contribution in [2.75, 3.05) is 0 Å². The third kappa shape index (κ3) is 5.18. The summed E-state index contributed by atoms with van der Waals surface area (Å²) in [5.41, 5.74) is 15.3. The molecule has 0 N–H and O–H groups in total. The van der Waals surface area contributed by atoms with Gasteiger partial charge in [-0.05, 0) is 78.2 Å². The van der Waals surface area contributed by atoms with Crippen molar-refractivity contribution in [2.45, 2.75) is 19.3 Å². The Morgan fingerprint density at radius 3 is 1.68 bits per heavy atom. The molecule has 0 saturated carbocycles. The van der Waals surface area contributed by atoms with Gasteiger partial charge in [-0.15, -0.1) is 0 Å². The lowest BCUT2D eigenvalue weighted by atomic mass is 9.82. The van der Waals surface area contributed by atoms with E-state index in [-0.39, 0.29) is 5.41 Å². The highest BCUT2D eigenvalue weighted by molar-refractivity contribution is 6.05. The highest BCUT2D eigenvalue weighted by atomic mass is 14.9. The van der Waals surface area contributed by atoms with Crippen molar-refractivity contribution in [1.29, 1.82) is 0 Å². The summed E-state index contributed by atoms with van der Waals surface area (Å²) in [5.74, 6) is 0.716. The first-order chi connectivity index (χ1) is 26.0. The summed E-state index contributed by atoms with van der Waals surface area (Å²) < 4.78 is 0. The van der Waals surface area contributed by atoms with Crippen molar-refractivity contribution >= 4 is 21.5 Å². The van der Waals surface area contributed by atoms with E-state index in [4.69, 9.17) is 9.97 Å². The van der Waals surface area contributed by atoms with E-state index in [9.17, 15) is 0 Å². The van der Waals surface area contributed by atoms with E-state index in [1.165, 1.54) is 60.7 Å². The normalized spacial score (nSPS) is 12.9. The first-order valence-corrected chi connectivity index (χ1v) is 18.3. The van der Waals surface area contributed by atoms with Gasteiger partial charge in [-0.2, -0.15) is 0 Å². The van der Waals surface area contributed by atoms with Gasteiger partial charge in [0.05, 0.1) is 11.4 Å². The van der Waals surface area contributed by atoms with Crippen LogP contribution in [0.1, 0.15) is 25.0 Å². The molecule has 2 heteroatoms. The molecule has 250 valence electrons.